The van der Waals surface area contributed by atoms with Crippen LogP contribution in [0.25, 0.3) is 0 Å². The summed E-state index contributed by atoms with van der Waals surface area (Å²) in [4.78, 5) is 0. The van der Waals surface area contributed by atoms with Crippen LogP contribution in [-0.4, -0.2) is 10.7 Å². The van der Waals surface area contributed by atoms with Crippen molar-refractivity contribution in [2.24, 2.45) is 5.92 Å². The van der Waals surface area contributed by atoms with E-state index in [0.29, 0.717) is 18.8 Å². The van der Waals surface area contributed by atoms with Gasteiger partial charge in [0.1, 0.15) is 5.82 Å². The van der Waals surface area contributed by atoms with Gasteiger partial charge in [0.2, 0.25) is 0 Å². The van der Waals surface area contributed by atoms with Crippen LogP contribution < -0.4 is 0 Å². The Balaban J connectivity index is 2.15. The van der Waals surface area contributed by atoms with Crippen molar-refractivity contribution in [2.45, 2.75) is 38.2 Å². The monoisotopic (exact) mass is 242 g/mol. The van der Waals surface area contributed by atoms with Crippen LogP contribution in [0.5, 0.6) is 0 Å². The highest BCUT2D eigenvalue weighted by atomic mass is 35.5. The average Bonchev–Trinajstić information content (AvgIpc) is 3.07. The maximum absolute atomic E-state index is 13.3. The third kappa shape index (κ3) is 2.38. The lowest BCUT2D eigenvalue weighted by Gasteiger charge is -2.26. The standard InChI is InChI=1S/C13H16ClFO/c1-2-13(16,10-4-5-10)8-9-3-6-11(14)12(15)7-9/h3,6-7,10,16H,2,4-5,8H2,1H3. The Morgan fingerprint density at radius 3 is 2.69 bits per heavy atom. The second-order valence-corrected chi connectivity index (χ2v) is 5.06. The van der Waals surface area contributed by atoms with Crippen LogP contribution in [0.1, 0.15) is 31.7 Å². The predicted octanol–water partition coefficient (Wildman–Crippen LogP) is 3.57. The van der Waals surface area contributed by atoms with Crippen LogP contribution in [0.2, 0.25) is 5.02 Å². The summed E-state index contributed by atoms with van der Waals surface area (Å²) in [5, 5.41) is 10.6. The lowest BCUT2D eigenvalue weighted by atomic mass is 9.87. The van der Waals surface area contributed by atoms with E-state index in [1.165, 1.54) is 6.07 Å². The molecule has 1 aliphatic carbocycles. The first-order valence-corrected chi connectivity index (χ1v) is 6.09. The fraction of sp³-hybridized carbons (Fsp3) is 0.538. The average molecular weight is 243 g/mol. The molecule has 0 saturated heterocycles. The minimum absolute atomic E-state index is 0.134. The van der Waals surface area contributed by atoms with Crippen LogP contribution in [0.15, 0.2) is 18.2 Å². The molecular formula is C13H16ClFO. The number of halogens is 2. The van der Waals surface area contributed by atoms with Crippen molar-refractivity contribution >= 4 is 11.6 Å². The maximum Gasteiger partial charge on any atom is 0.142 e. The first-order chi connectivity index (χ1) is 7.55. The number of aliphatic hydroxyl groups is 1. The van der Waals surface area contributed by atoms with Crippen LogP contribution >= 0.6 is 11.6 Å². The molecule has 0 bridgehead atoms. The van der Waals surface area contributed by atoms with E-state index in [9.17, 15) is 9.50 Å². The van der Waals surface area contributed by atoms with Crippen molar-refractivity contribution < 1.29 is 9.50 Å². The lowest BCUT2D eigenvalue weighted by Crippen LogP contribution is -2.33. The van der Waals surface area contributed by atoms with Gasteiger partial charge in [0.25, 0.3) is 0 Å². The molecule has 1 aromatic rings. The van der Waals surface area contributed by atoms with Crippen molar-refractivity contribution in [1.82, 2.24) is 0 Å². The molecule has 1 saturated carbocycles. The Labute approximate surface area is 100 Å². The molecule has 0 spiro atoms. The molecule has 0 aromatic heterocycles. The Kier molecular flexibility index (Phi) is 3.22. The molecule has 2 rings (SSSR count). The highest BCUT2D eigenvalue weighted by molar-refractivity contribution is 6.30. The summed E-state index contributed by atoms with van der Waals surface area (Å²) in [6.45, 7) is 1.98. The lowest BCUT2D eigenvalue weighted by molar-refractivity contribution is 0.0138. The van der Waals surface area contributed by atoms with Gasteiger partial charge in [0.15, 0.2) is 0 Å². The Hall–Kier alpha value is -0.600. The van der Waals surface area contributed by atoms with Gasteiger partial charge in [-0.15, -0.1) is 0 Å². The van der Waals surface area contributed by atoms with E-state index in [1.807, 2.05) is 6.92 Å². The molecule has 1 N–H and O–H groups in total. The Bertz CT molecular complexity index is 390. The van der Waals surface area contributed by atoms with Crippen LogP contribution in [0.3, 0.4) is 0 Å². The van der Waals surface area contributed by atoms with E-state index in [-0.39, 0.29) is 5.02 Å². The molecular weight excluding hydrogens is 227 g/mol. The quantitative estimate of drug-likeness (QED) is 0.856. The zero-order chi connectivity index (χ0) is 11.8. The summed E-state index contributed by atoms with van der Waals surface area (Å²) in [6, 6.07) is 4.76. The smallest absolute Gasteiger partial charge is 0.142 e. The minimum atomic E-state index is -0.666. The third-order valence-corrected chi connectivity index (χ3v) is 3.75. The number of benzene rings is 1. The van der Waals surface area contributed by atoms with Crippen LogP contribution in [-0.2, 0) is 6.42 Å². The summed E-state index contributed by atoms with van der Waals surface area (Å²) in [5.74, 6) is -0.0235. The fourth-order valence-electron chi connectivity index (χ4n) is 2.18. The van der Waals surface area contributed by atoms with Gasteiger partial charge in [-0.1, -0.05) is 24.6 Å². The van der Waals surface area contributed by atoms with Gasteiger partial charge in [0, 0.05) is 6.42 Å². The molecule has 1 unspecified atom stereocenters. The van der Waals surface area contributed by atoms with Gasteiger partial charge in [-0.3, -0.25) is 0 Å². The summed E-state index contributed by atoms with van der Waals surface area (Å²) >= 11 is 5.62. The Morgan fingerprint density at radius 1 is 1.50 bits per heavy atom. The summed E-state index contributed by atoms with van der Waals surface area (Å²) in [5.41, 5.74) is 0.151. The molecule has 1 nitrogen and oxygen atoms in total. The molecule has 1 fully saturated rings. The topological polar surface area (TPSA) is 20.2 Å². The molecule has 0 aliphatic heterocycles. The van der Waals surface area contributed by atoms with Crippen molar-refractivity contribution in [3.05, 3.63) is 34.6 Å². The molecule has 0 radical (unpaired) electrons. The molecule has 3 heteroatoms. The van der Waals surface area contributed by atoms with Gasteiger partial charge in [0.05, 0.1) is 10.6 Å². The maximum atomic E-state index is 13.3. The van der Waals surface area contributed by atoms with Crippen molar-refractivity contribution in [3.8, 4) is 0 Å². The molecule has 1 atom stereocenters. The van der Waals surface area contributed by atoms with Gasteiger partial charge < -0.3 is 5.11 Å². The molecule has 88 valence electrons. The normalized spacial score (nSPS) is 19.5. The second-order valence-electron chi connectivity index (χ2n) is 4.66. The van der Waals surface area contributed by atoms with E-state index in [4.69, 9.17) is 11.6 Å². The first-order valence-electron chi connectivity index (χ1n) is 5.71. The zero-order valence-electron chi connectivity index (χ0n) is 9.34. The summed E-state index contributed by atoms with van der Waals surface area (Å²) in [7, 11) is 0. The van der Waals surface area contributed by atoms with E-state index >= 15 is 0 Å². The van der Waals surface area contributed by atoms with Gasteiger partial charge in [-0.2, -0.15) is 0 Å². The molecule has 0 heterocycles. The molecule has 16 heavy (non-hydrogen) atoms. The predicted molar refractivity (Wildman–Crippen MR) is 63.1 cm³/mol. The molecule has 1 aromatic carbocycles. The van der Waals surface area contributed by atoms with E-state index in [0.717, 1.165) is 18.4 Å². The van der Waals surface area contributed by atoms with E-state index in [1.54, 1.807) is 12.1 Å². The Morgan fingerprint density at radius 2 is 2.19 bits per heavy atom. The molecule has 0 amide bonds. The summed E-state index contributed by atoms with van der Waals surface area (Å²) in [6.07, 6.45) is 3.39. The highest BCUT2D eigenvalue weighted by Crippen LogP contribution is 2.43. The van der Waals surface area contributed by atoms with Gasteiger partial charge in [-0.25, -0.2) is 4.39 Å². The molecule has 1 aliphatic rings. The largest absolute Gasteiger partial charge is 0.389 e. The van der Waals surface area contributed by atoms with Crippen molar-refractivity contribution in [3.63, 3.8) is 0 Å². The summed E-state index contributed by atoms with van der Waals surface area (Å²) < 4.78 is 13.3. The second kappa shape index (κ2) is 4.34. The first kappa shape index (κ1) is 11.9. The third-order valence-electron chi connectivity index (χ3n) is 3.44. The number of hydrogen-bond acceptors (Lipinski definition) is 1. The highest BCUT2D eigenvalue weighted by Gasteiger charge is 2.42. The number of rotatable bonds is 4. The minimum Gasteiger partial charge on any atom is -0.389 e. The van der Waals surface area contributed by atoms with Crippen LogP contribution in [0, 0.1) is 11.7 Å². The van der Waals surface area contributed by atoms with Gasteiger partial charge in [-0.05, 0) is 42.9 Å². The fourth-order valence-corrected chi connectivity index (χ4v) is 2.30. The number of hydrogen-bond donors (Lipinski definition) is 1. The van der Waals surface area contributed by atoms with E-state index < -0.39 is 11.4 Å². The van der Waals surface area contributed by atoms with Crippen LogP contribution in [0.4, 0.5) is 4.39 Å². The van der Waals surface area contributed by atoms with Crippen molar-refractivity contribution in [2.75, 3.05) is 0 Å². The van der Waals surface area contributed by atoms with E-state index in [2.05, 4.69) is 0 Å². The van der Waals surface area contributed by atoms with Gasteiger partial charge >= 0.3 is 0 Å². The zero-order valence-corrected chi connectivity index (χ0v) is 10.1. The SMILES string of the molecule is CCC(O)(Cc1ccc(Cl)c(F)c1)C1CC1. The van der Waals surface area contributed by atoms with Crippen molar-refractivity contribution in [1.29, 1.82) is 0 Å².